The molecular weight excluding hydrogens is 232 g/mol. The summed E-state index contributed by atoms with van der Waals surface area (Å²) in [4.78, 5) is 10.7. The fraction of sp³-hybridized carbons (Fsp3) is 0.667. The maximum atomic E-state index is 5.53. The van der Waals surface area contributed by atoms with Gasteiger partial charge < -0.3 is 19.7 Å². The lowest BCUT2D eigenvalue weighted by atomic mass is 10.0. The molecule has 0 spiro atoms. The van der Waals surface area contributed by atoms with Crippen LogP contribution in [0.1, 0.15) is 13.8 Å². The normalized spacial score (nSPS) is 18.6. The van der Waals surface area contributed by atoms with Crippen molar-refractivity contribution in [1.29, 1.82) is 0 Å². The van der Waals surface area contributed by atoms with E-state index in [-0.39, 0.29) is 5.54 Å². The second-order valence-corrected chi connectivity index (χ2v) is 4.85. The number of hydrogen-bond donors (Lipinski definition) is 1. The molecule has 0 atom stereocenters. The summed E-state index contributed by atoms with van der Waals surface area (Å²) < 4.78 is 11.0. The second kappa shape index (κ2) is 4.97. The summed E-state index contributed by atoms with van der Waals surface area (Å²) in [5.74, 6) is 2.19. The molecule has 1 aromatic rings. The number of methoxy groups -OCH3 is 1. The average molecular weight is 252 g/mol. The Labute approximate surface area is 107 Å². The molecule has 1 fully saturated rings. The van der Waals surface area contributed by atoms with Crippen molar-refractivity contribution in [3.8, 4) is 5.75 Å². The molecule has 6 nitrogen and oxygen atoms in total. The van der Waals surface area contributed by atoms with E-state index in [1.54, 1.807) is 13.4 Å². The number of anilines is 2. The third kappa shape index (κ3) is 2.20. The van der Waals surface area contributed by atoms with E-state index in [1.807, 2.05) is 7.05 Å². The predicted molar refractivity (Wildman–Crippen MR) is 70.4 cm³/mol. The van der Waals surface area contributed by atoms with Crippen molar-refractivity contribution in [3.63, 3.8) is 0 Å². The molecule has 2 rings (SSSR count). The number of ether oxygens (including phenoxy) is 2. The monoisotopic (exact) mass is 252 g/mol. The average Bonchev–Trinajstić information content (AvgIpc) is 2.37. The Kier molecular flexibility index (Phi) is 3.56. The summed E-state index contributed by atoms with van der Waals surface area (Å²) in [5, 5.41) is 3.02. The van der Waals surface area contributed by atoms with Gasteiger partial charge in [0, 0.05) is 13.6 Å². The molecule has 0 unspecified atom stereocenters. The molecule has 1 aliphatic heterocycles. The third-order valence-corrected chi connectivity index (χ3v) is 3.13. The molecule has 0 aliphatic carbocycles. The van der Waals surface area contributed by atoms with Crippen LogP contribution in [0.25, 0.3) is 0 Å². The van der Waals surface area contributed by atoms with Crippen LogP contribution in [0.2, 0.25) is 0 Å². The largest absolute Gasteiger partial charge is 0.490 e. The van der Waals surface area contributed by atoms with E-state index in [0.29, 0.717) is 24.8 Å². The van der Waals surface area contributed by atoms with E-state index in [2.05, 4.69) is 34.0 Å². The van der Waals surface area contributed by atoms with Gasteiger partial charge in [0.2, 0.25) is 5.75 Å². The Morgan fingerprint density at radius 1 is 1.44 bits per heavy atom. The molecule has 0 bridgehead atoms. The van der Waals surface area contributed by atoms with Gasteiger partial charge in [-0.3, -0.25) is 0 Å². The quantitative estimate of drug-likeness (QED) is 0.870. The van der Waals surface area contributed by atoms with Crippen LogP contribution in [0.3, 0.4) is 0 Å². The molecular formula is C12H20N4O2. The van der Waals surface area contributed by atoms with Gasteiger partial charge in [-0.25, -0.2) is 9.97 Å². The highest BCUT2D eigenvalue weighted by Gasteiger charge is 2.34. The standard InChI is InChI=1S/C12H20N4O2/c1-12(2)7-18-6-5-16(12)11-9(17-4)10(13-3)14-8-15-11/h8H,5-7H2,1-4H3,(H,13,14,15). The van der Waals surface area contributed by atoms with E-state index >= 15 is 0 Å². The van der Waals surface area contributed by atoms with Gasteiger partial charge in [0.25, 0.3) is 0 Å². The smallest absolute Gasteiger partial charge is 0.204 e. The first kappa shape index (κ1) is 12.9. The lowest BCUT2D eigenvalue weighted by Crippen LogP contribution is -2.53. The van der Waals surface area contributed by atoms with E-state index in [9.17, 15) is 0 Å². The van der Waals surface area contributed by atoms with Gasteiger partial charge in [0.1, 0.15) is 6.33 Å². The van der Waals surface area contributed by atoms with Crippen molar-refractivity contribution in [1.82, 2.24) is 9.97 Å². The maximum Gasteiger partial charge on any atom is 0.204 e. The number of morpholine rings is 1. The molecule has 0 radical (unpaired) electrons. The van der Waals surface area contributed by atoms with Crippen molar-refractivity contribution >= 4 is 11.6 Å². The van der Waals surface area contributed by atoms with Crippen molar-refractivity contribution in [2.45, 2.75) is 19.4 Å². The molecule has 0 aromatic carbocycles. The Balaban J connectivity index is 2.43. The number of rotatable bonds is 3. The van der Waals surface area contributed by atoms with Crippen LogP contribution in [0, 0.1) is 0 Å². The first-order valence-electron chi connectivity index (χ1n) is 6.02. The van der Waals surface area contributed by atoms with Crippen LogP contribution in [-0.4, -0.2) is 49.4 Å². The van der Waals surface area contributed by atoms with Crippen molar-refractivity contribution in [2.75, 3.05) is 44.1 Å². The minimum Gasteiger partial charge on any atom is -0.490 e. The molecule has 1 aromatic heterocycles. The van der Waals surface area contributed by atoms with Gasteiger partial charge in [-0.15, -0.1) is 0 Å². The zero-order valence-corrected chi connectivity index (χ0v) is 11.4. The van der Waals surface area contributed by atoms with Gasteiger partial charge in [0.15, 0.2) is 11.6 Å². The van der Waals surface area contributed by atoms with E-state index in [1.165, 1.54) is 0 Å². The zero-order chi connectivity index (χ0) is 13.2. The Morgan fingerprint density at radius 2 is 2.22 bits per heavy atom. The summed E-state index contributed by atoms with van der Waals surface area (Å²) in [5.41, 5.74) is -0.106. The summed E-state index contributed by atoms with van der Waals surface area (Å²) in [6.45, 7) is 6.43. The summed E-state index contributed by atoms with van der Waals surface area (Å²) >= 11 is 0. The maximum absolute atomic E-state index is 5.53. The summed E-state index contributed by atoms with van der Waals surface area (Å²) in [7, 11) is 3.45. The first-order valence-corrected chi connectivity index (χ1v) is 6.02. The molecule has 100 valence electrons. The lowest BCUT2D eigenvalue weighted by Gasteiger charge is -2.43. The molecule has 1 N–H and O–H groups in total. The van der Waals surface area contributed by atoms with Crippen molar-refractivity contribution < 1.29 is 9.47 Å². The number of nitrogens with one attached hydrogen (secondary N) is 1. The first-order chi connectivity index (χ1) is 8.60. The summed E-state index contributed by atoms with van der Waals surface area (Å²) in [6, 6.07) is 0. The van der Waals surface area contributed by atoms with Crippen LogP contribution in [0.4, 0.5) is 11.6 Å². The highest BCUT2D eigenvalue weighted by atomic mass is 16.5. The number of aromatic nitrogens is 2. The minimum atomic E-state index is -0.106. The van der Waals surface area contributed by atoms with E-state index in [0.717, 1.165) is 12.4 Å². The second-order valence-electron chi connectivity index (χ2n) is 4.85. The van der Waals surface area contributed by atoms with Gasteiger partial charge in [-0.05, 0) is 13.8 Å². The van der Waals surface area contributed by atoms with E-state index < -0.39 is 0 Å². The molecule has 0 saturated carbocycles. The minimum absolute atomic E-state index is 0.106. The molecule has 2 heterocycles. The fourth-order valence-electron chi connectivity index (χ4n) is 2.17. The third-order valence-electron chi connectivity index (χ3n) is 3.13. The molecule has 1 aliphatic rings. The van der Waals surface area contributed by atoms with Crippen LogP contribution in [0.5, 0.6) is 5.75 Å². The molecule has 1 saturated heterocycles. The number of hydrogen-bond acceptors (Lipinski definition) is 6. The zero-order valence-electron chi connectivity index (χ0n) is 11.4. The van der Waals surface area contributed by atoms with Crippen molar-refractivity contribution in [2.24, 2.45) is 0 Å². The Bertz CT molecular complexity index is 423. The Hall–Kier alpha value is -1.56. The topological polar surface area (TPSA) is 59.5 Å². The number of nitrogens with zero attached hydrogens (tertiary/aromatic N) is 3. The SMILES string of the molecule is CNc1ncnc(N2CCOCC2(C)C)c1OC. The molecule has 18 heavy (non-hydrogen) atoms. The summed E-state index contributed by atoms with van der Waals surface area (Å²) in [6.07, 6.45) is 1.55. The van der Waals surface area contributed by atoms with Gasteiger partial charge >= 0.3 is 0 Å². The molecule has 6 heteroatoms. The molecule has 0 amide bonds. The fourth-order valence-corrected chi connectivity index (χ4v) is 2.17. The van der Waals surface area contributed by atoms with Crippen LogP contribution < -0.4 is 15.0 Å². The van der Waals surface area contributed by atoms with Crippen molar-refractivity contribution in [3.05, 3.63) is 6.33 Å². The van der Waals surface area contributed by atoms with Gasteiger partial charge in [0.05, 0.1) is 25.9 Å². The lowest BCUT2D eigenvalue weighted by molar-refractivity contribution is 0.0636. The van der Waals surface area contributed by atoms with Crippen LogP contribution >= 0.6 is 0 Å². The predicted octanol–water partition coefficient (Wildman–Crippen LogP) is 1.14. The van der Waals surface area contributed by atoms with Gasteiger partial charge in [-0.2, -0.15) is 0 Å². The van der Waals surface area contributed by atoms with Gasteiger partial charge in [-0.1, -0.05) is 0 Å². The van der Waals surface area contributed by atoms with Crippen LogP contribution in [0.15, 0.2) is 6.33 Å². The highest BCUT2D eigenvalue weighted by molar-refractivity contribution is 5.65. The van der Waals surface area contributed by atoms with E-state index in [4.69, 9.17) is 9.47 Å². The highest BCUT2D eigenvalue weighted by Crippen LogP contribution is 2.36. The Morgan fingerprint density at radius 3 is 2.83 bits per heavy atom. The van der Waals surface area contributed by atoms with Crippen LogP contribution in [-0.2, 0) is 4.74 Å².